The first-order valence-corrected chi connectivity index (χ1v) is 4.61. The van der Waals surface area contributed by atoms with Crippen molar-refractivity contribution >= 4 is 28.9 Å². The van der Waals surface area contributed by atoms with Crippen LogP contribution in [0.2, 0.25) is 4.47 Å². The first-order chi connectivity index (χ1) is 5.52. The number of hydrogen-bond donors (Lipinski definition) is 1. The molecule has 0 bridgehead atoms. The van der Waals surface area contributed by atoms with E-state index in [1.165, 1.54) is 0 Å². The van der Waals surface area contributed by atoms with E-state index in [0.29, 0.717) is 5.69 Å². The van der Waals surface area contributed by atoms with Crippen LogP contribution in [0.15, 0.2) is 0 Å². The number of thiazole rings is 1. The maximum absolute atomic E-state index is 10.7. The maximum atomic E-state index is 10.7. The third kappa shape index (κ3) is 1.76. The molecule has 1 N–H and O–H groups in total. The summed E-state index contributed by atoms with van der Waals surface area (Å²) in [6, 6.07) is 0. The second-order valence-electron chi connectivity index (χ2n) is 2.64. The number of carboxylic acid groups (broad SMARTS) is 1. The van der Waals surface area contributed by atoms with Gasteiger partial charge >= 0.3 is 5.97 Å². The van der Waals surface area contributed by atoms with Gasteiger partial charge in [0.2, 0.25) is 0 Å². The number of nitrogens with zero attached hydrogens (tertiary/aromatic N) is 1. The highest BCUT2D eigenvalue weighted by Crippen LogP contribution is 2.27. The van der Waals surface area contributed by atoms with Gasteiger partial charge in [0.25, 0.3) is 0 Å². The van der Waals surface area contributed by atoms with Gasteiger partial charge in [-0.25, -0.2) is 9.78 Å². The lowest BCUT2D eigenvalue weighted by molar-refractivity contribution is 0.0700. The molecule has 3 nitrogen and oxygen atoms in total. The van der Waals surface area contributed by atoms with Crippen molar-refractivity contribution in [1.29, 1.82) is 0 Å². The fourth-order valence-electron chi connectivity index (χ4n) is 0.849. The van der Waals surface area contributed by atoms with Gasteiger partial charge in [-0.15, -0.1) is 0 Å². The Balaban J connectivity index is 3.17. The van der Waals surface area contributed by atoms with Crippen LogP contribution in [-0.4, -0.2) is 16.1 Å². The highest BCUT2D eigenvalue weighted by Gasteiger charge is 2.18. The summed E-state index contributed by atoms with van der Waals surface area (Å²) >= 11 is 6.60. The predicted molar refractivity (Wildman–Crippen MR) is 48.2 cm³/mol. The number of carbonyl (C=O) groups is 1. The van der Waals surface area contributed by atoms with Crippen LogP contribution in [0, 0.1) is 0 Å². The zero-order valence-electron chi connectivity index (χ0n) is 6.67. The molecule has 0 fully saturated rings. The SMILES string of the molecule is CC(C)c1nc(Cl)sc1C(=O)O. The van der Waals surface area contributed by atoms with Crippen LogP contribution in [0.4, 0.5) is 0 Å². The van der Waals surface area contributed by atoms with Gasteiger partial charge in [-0.05, 0) is 5.92 Å². The Kier molecular flexibility index (Phi) is 2.69. The topological polar surface area (TPSA) is 50.2 Å². The van der Waals surface area contributed by atoms with E-state index in [0.717, 1.165) is 11.3 Å². The first-order valence-electron chi connectivity index (χ1n) is 3.42. The average Bonchev–Trinajstić information content (AvgIpc) is 2.31. The van der Waals surface area contributed by atoms with Gasteiger partial charge in [-0.1, -0.05) is 36.8 Å². The summed E-state index contributed by atoms with van der Waals surface area (Å²) < 4.78 is 0.288. The highest BCUT2D eigenvalue weighted by atomic mass is 35.5. The van der Waals surface area contributed by atoms with E-state index in [1.54, 1.807) is 0 Å². The van der Waals surface area contributed by atoms with Crippen molar-refractivity contribution in [1.82, 2.24) is 4.98 Å². The average molecular weight is 206 g/mol. The van der Waals surface area contributed by atoms with E-state index in [-0.39, 0.29) is 15.3 Å². The molecule has 0 unspecified atom stereocenters. The first kappa shape index (κ1) is 9.48. The largest absolute Gasteiger partial charge is 0.477 e. The zero-order valence-corrected chi connectivity index (χ0v) is 8.24. The molecule has 0 atom stereocenters. The van der Waals surface area contributed by atoms with E-state index < -0.39 is 5.97 Å². The lowest BCUT2D eigenvalue weighted by Gasteiger charge is -1.99. The summed E-state index contributed by atoms with van der Waals surface area (Å²) in [4.78, 5) is 14.8. The van der Waals surface area contributed by atoms with E-state index in [9.17, 15) is 4.79 Å². The predicted octanol–water partition coefficient (Wildman–Crippen LogP) is 2.62. The highest BCUT2D eigenvalue weighted by molar-refractivity contribution is 7.17. The Labute approximate surface area is 79.0 Å². The smallest absolute Gasteiger partial charge is 0.347 e. The minimum atomic E-state index is -0.955. The third-order valence-electron chi connectivity index (χ3n) is 1.37. The zero-order chi connectivity index (χ0) is 9.30. The van der Waals surface area contributed by atoms with Gasteiger partial charge in [0.05, 0.1) is 5.69 Å². The van der Waals surface area contributed by atoms with Crippen molar-refractivity contribution in [2.24, 2.45) is 0 Å². The van der Waals surface area contributed by atoms with Crippen molar-refractivity contribution in [3.63, 3.8) is 0 Å². The number of aromatic nitrogens is 1. The molecule has 1 aromatic heterocycles. The molecule has 12 heavy (non-hydrogen) atoms. The van der Waals surface area contributed by atoms with Crippen LogP contribution in [-0.2, 0) is 0 Å². The fraction of sp³-hybridized carbons (Fsp3) is 0.429. The van der Waals surface area contributed by atoms with Gasteiger partial charge in [-0.2, -0.15) is 0 Å². The monoisotopic (exact) mass is 205 g/mol. The summed E-state index contributed by atoms with van der Waals surface area (Å²) in [6.45, 7) is 3.77. The van der Waals surface area contributed by atoms with Crippen molar-refractivity contribution in [3.05, 3.63) is 15.0 Å². The number of aromatic carboxylic acids is 1. The Hall–Kier alpha value is -0.610. The Morgan fingerprint density at radius 1 is 1.67 bits per heavy atom. The van der Waals surface area contributed by atoms with Gasteiger partial charge in [0.15, 0.2) is 4.47 Å². The van der Waals surface area contributed by atoms with Crippen LogP contribution in [0.1, 0.15) is 35.1 Å². The maximum Gasteiger partial charge on any atom is 0.347 e. The molecule has 1 rings (SSSR count). The lowest BCUT2D eigenvalue weighted by atomic mass is 10.1. The summed E-state index contributed by atoms with van der Waals surface area (Å²) in [7, 11) is 0. The second-order valence-corrected chi connectivity index (χ2v) is 4.22. The standard InChI is InChI=1S/C7H8ClNO2S/c1-3(2)4-5(6(10)11)12-7(8)9-4/h3H,1-2H3,(H,10,11). The Morgan fingerprint density at radius 3 is 2.58 bits per heavy atom. The molecule has 0 aromatic carbocycles. The molecule has 0 saturated heterocycles. The molecule has 0 aliphatic heterocycles. The Morgan fingerprint density at radius 2 is 2.25 bits per heavy atom. The van der Waals surface area contributed by atoms with Crippen molar-refractivity contribution < 1.29 is 9.90 Å². The minimum absolute atomic E-state index is 0.0971. The molecule has 0 amide bonds. The molecular formula is C7H8ClNO2S. The van der Waals surface area contributed by atoms with Crippen LogP contribution < -0.4 is 0 Å². The summed E-state index contributed by atoms with van der Waals surface area (Å²) in [5, 5.41) is 8.74. The molecule has 1 aromatic rings. The molecule has 0 radical (unpaired) electrons. The second kappa shape index (κ2) is 3.41. The number of hydrogen-bond acceptors (Lipinski definition) is 3. The van der Waals surface area contributed by atoms with Gasteiger partial charge in [-0.3, -0.25) is 0 Å². The molecule has 0 spiro atoms. The normalized spacial score (nSPS) is 10.7. The quantitative estimate of drug-likeness (QED) is 0.808. The van der Waals surface area contributed by atoms with Crippen LogP contribution in [0.25, 0.3) is 0 Å². The van der Waals surface area contributed by atoms with Gasteiger partial charge in [0, 0.05) is 0 Å². The summed E-state index contributed by atoms with van der Waals surface area (Å²) in [5.74, 6) is -0.858. The van der Waals surface area contributed by atoms with Crippen molar-refractivity contribution in [2.75, 3.05) is 0 Å². The molecular weight excluding hydrogens is 198 g/mol. The fourth-order valence-corrected chi connectivity index (χ4v) is 1.96. The van der Waals surface area contributed by atoms with Crippen LogP contribution in [0.5, 0.6) is 0 Å². The Bertz CT molecular complexity index is 308. The number of rotatable bonds is 2. The van der Waals surface area contributed by atoms with Gasteiger partial charge < -0.3 is 5.11 Å². The van der Waals surface area contributed by atoms with Gasteiger partial charge in [0.1, 0.15) is 4.88 Å². The molecule has 1 heterocycles. The molecule has 66 valence electrons. The van der Waals surface area contributed by atoms with Crippen molar-refractivity contribution in [3.8, 4) is 0 Å². The minimum Gasteiger partial charge on any atom is -0.477 e. The molecule has 0 aliphatic rings. The molecule has 0 aliphatic carbocycles. The van der Waals surface area contributed by atoms with Crippen LogP contribution in [0.3, 0.4) is 0 Å². The molecule has 5 heteroatoms. The number of carboxylic acids is 1. The van der Waals surface area contributed by atoms with E-state index in [4.69, 9.17) is 16.7 Å². The van der Waals surface area contributed by atoms with Crippen molar-refractivity contribution in [2.45, 2.75) is 19.8 Å². The summed E-state index contributed by atoms with van der Waals surface area (Å²) in [6.07, 6.45) is 0. The third-order valence-corrected chi connectivity index (χ3v) is 2.53. The van der Waals surface area contributed by atoms with E-state index in [1.807, 2.05) is 13.8 Å². The summed E-state index contributed by atoms with van der Waals surface area (Å²) in [5.41, 5.74) is 0.567. The van der Waals surface area contributed by atoms with Crippen LogP contribution >= 0.6 is 22.9 Å². The van der Waals surface area contributed by atoms with E-state index in [2.05, 4.69) is 4.98 Å². The lowest BCUT2D eigenvalue weighted by Crippen LogP contribution is -2.00. The number of halogens is 1. The molecule has 0 saturated carbocycles. The van der Waals surface area contributed by atoms with E-state index >= 15 is 0 Å².